The molecule has 24 heavy (non-hydrogen) atoms. The summed E-state index contributed by atoms with van der Waals surface area (Å²) in [6.45, 7) is 1.16. The minimum Gasteiger partial charge on any atom is -0.369 e. The molecule has 6 heteroatoms. The molecule has 1 aliphatic heterocycles. The zero-order valence-corrected chi connectivity index (χ0v) is 13.3. The lowest BCUT2D eigenvalue weighted by molar-refractivity contribution is 0.0940. The van der Waals surface area contributed by atoms with Gasteiger partial charge in [-0.15, -0.1) is 0 Å². The highest BCUT2D eigenvalue weighted by Crippen LogP contribution is 2.39. The molecule has 1 fully saturated rings. The Morgan fingerprint density at radius 2 is 2.08 bits per heavy atom. The second-order valence-electron chi connectivity index (χ2n) is 6.31. The first-order valence-corrected chi connectivity index (χ1v) is 8.38. The van der Waals surface area contributed by atoms with Crippen LogP contribution in [0.5, 0.6) is 0 Å². The van der Waals surface area contributed by atoms with Crippen LogP contribution in [0.25, 0.3) is 0 Å². The average Bonchev–Trinajstić information content (AvgIpc) is 3.42. The molecule has 1 aliphatic carbocycles. The fraction of sp³-hybridized carbons (Fsp3) is 0.389. The van der Waals surface area contributed by atoms with Crippen molar-refractivity contribution in [2.75, 3.05) is 18.4 Å². The van der Waals surface area contributed by atoms with Crippen molar-refractivity contribution >= 4 is 11.7 Å². The maximum absolute atomic E-state index is 13.7. The lowest BCUT2D eigenvalue weighted by Gasteiger charge is -2.20. The Hall–Kier alpha value is -2.50. The van der Waals surface area contributed by atoms with Crippen LogP contribution in [-0.2, 0) is 12.8 Å². The second kappa shape index (κ2) is 6.19. The topological polar surface area (TPSA) is 66.9 Å². The van der Waals surface area contributed by atoms with E-state index in [1.807, 2.05) is 6.07 Å². The third-order valence-corrected chi connectivity index (χ3v) is 4.49. The zero-order chi connectivity index (χ0) is 16.5. The number of amides is 1. The quantitative estimate of drug-likeness (QED) is 0.885. The van der Waals surface area contributed by atoms with Crippen molar-refractivity contribution in [2.45, 2.75) is 31.6 Å². The summed E-state index contributed by atoms with van der Waals surface area (Å²) in [5.41, 5.74) is 2.04. The van der Waals surface area contributed by atoms with Gasteiger partial charge in [0, 0.05) is 24.6 Å². The smallest absolute Gasteiger partial charge is 0.270 e. The van der Waals surface area contributed by atoms with E-state index in [9.17, 15) is 9.18 Å². The first-order chi connectivity index (χ1) is 11.7. The van der Waals surface area contributed by atoms with Crippen LogP contribution in [0.2, 0.25) is 0 Å². The van der Waals surface area contributed by atoms with Crippen molar-refractivity contribution in [2.24, 2.45) is 0 Å². The number of halogens is 1. The molecule has 1 saturated carbocycles. The van der Waals surface area contributed by atoms with Crippen LogP contribution < -0.4 is 10.6 Å². The Bertz CT molecular complexity index is 789. The van der Waals surface area contributed by atoms with Crippen LogP contribution >= 0.6 is 0 Å². The summed E-state index contributed by atoms with van der Waals surface area (Å²) in [7, 11) is 0. The SMILES string of the molecule is O=C1NCCc2c(NCCc3ccccc3F)nc(C3CC3)nc21. The lowest BCUT2D eigenvalue weighted by Crippen LogP contribution is -2.34. The van der Waals surface area contributed by atoms with E-state index in [2.05, 4.69) is 20.6 Å². The first-order valence-electron chi connectivity index (χ1n) is 8.38. The summed E-state index contributed by atoms with van der Waals surface area (Å²) in [5.74, 6) is 1.53. The number of carbonyl (C=O) groups is 1. The molecule has 1 aromatic heterocycles. The van der Waals surface area contributed by atoms with Gasteiger partial charge in [-0.3, -0.25) is 4.79 Å². The van der Waals surface area contributed by atoms with Gasteiger partial charge in [-0.1, -0.05) is 18.2 Å². The number of fused-ring (bicyclic) bond motifs is 1. The van der Waals surface area contributed by atoms with Crippen molar-refractivity contribution in [3.63, 3.8) is 0 Å². The predicted molar refractivity (Wildman–Crippen MR) is 88.6 cm³/mol. The van der Waals surface area contributed by atoms with Crippen LogP contribution in [0, 0.1) is 5.82 Å². The fourth-order valence-electron chi connectivity index (χ4n) is 3.00. The first kappa shape index (κ1) is 15.1. The van der Waals surface area contributed by atoms with E-state index in [0.29, 0.717) is 43.1 Å². The molecular weight excluding hydrogens is 307 g/mol. The molecule has 1 aromatic carbocycles. The van der Waals surface area contributed by atoms with E-state index in [4.69, 9.17) is 0 Å². The van der Waals surface area contributed by atoms with Crippen molar-refractivity contribution in [1.29, 1.82) is 0 Å². The molecule has 0 atom stereocenters. The van der Waals surface area contributed by atoms with E-state index in [0.717, 1.165) is 30.0 Å². The highest BCUT2D eigenvalue weighted by atomic mass is 19.1. The highest BCUT2D eigenvalue weighted by Gasteiger charge is 2.31. The van der Waals surface area contributed by atoms with Crippen LogP contribution in [0.15, 0.2) is 24.3 Å². The Balaban J connectivity index is 1.55. The van der Waals surface area contributed by atoms with Gasteiger partial charge in [0.25, 0.3) is 5.91 Å². The highest BCUT2D eigenvalue weighted by molar-refractivity contribution is 5.96. The van der Waals surface area contributed by atoms with Crippen molar-refractivity contribution in [1.82, 2.24) is 15.3 Å². The molecule has 1 amide bonds. The van der Waals surface area contributed by atoms with E-state index in [1.165, 1.54) is 6.07 Å². The maximum Gasteiger partial charge on any atom is 0.270 e. The molecule has 0 bridgehead atoms. The molecule has 124 valence electrons. The number of anilines is 1. The van der Waals surface area contributed by atoms with Gasteiger partial charge in [-0.05, 0) is 37.3 Å². The molecule has 0 spiro atoms. The molecule has 4 rings (SSSR count). The Morgan fingerprint density at radius 3 is 2.88 bits per heavy atom. The van der Waals surface area contributed by atoms with E-state index >= 15 is 0 Å². The fourth-order valence-corrected chi connectivity index (χ4v) is 3.00. The minimum absolute atomic E-state index is 0.127. The van der Waals surface area contributed by atoms with E-state index in [-0.39, 0.29) is 11.7 Å². The zero-order valence-electron chi connectivity index (χ0n) is 13.3. The maximum atomic E-state index is 13.7. The summed E-state index contributed by atoms with van der Waals surface area (Å²) in [6, 6.07) is 6.78. The molecule has 0 saturated heterocycles. The molecule has 2 aromatic rings. The van der Waals surface area contributed by atoms with Gasteiger partial charge in [0.1, 0.15) is 23.2 Å². The summed E-state index contributed by atoms with van der Waals surface area (Å²) < 4.78 is 13.7. The third-order valence-electron chi connectivity index (χ3n) is 4.49. The molecule has 2 aliphatic rings. The number of aromatic nitrogens is 2. The van der Waals surface area contributed by atoms with Gasteiger partial charge in [0.2, 0.25) is 0 Å². The lowest BCUT2D eigenvalue weighted by atomic mass is 10.1. The van der Waals surface area contributed by atoms with Gasteiger partial charge in [0.15, 0.2) is 0 Å². The number of nitrogens with zero attached hydrogens (tertiary/aromatic N) is 2. The monoisotopic (exact) mass is 326 g/mol. The molecule has 0 radical (unpaired) electrons. The number of hydrogen-bond donors (Lipinski definition) is 2. The van der Waals surface area contributed by atoms with Gasteiger partial charge < -0.3 is 10.6 Å². The molecule has 0 unspecified atom stereocenters. The van der Waals surface area contributed by atoms with Crippen molar-refractivity contribution in [3.05, 3.63) is 52.7 Å². The summed E-state index contributed by atoms with van der Waals surface area (Å²) in [4.78, 5) is 21.2. The third kappa shape index (κ3) is 2.96. The number of carbonyl (C=O) groups excluding carboxylic acids is 1. The van der Waals surface area contributed by atoms with Crippen molar-refractivity contribution in [3.8, 4) is 0 Å². The van der Waals surface area contributed by atoms with Crippen LogP contribution in [0.1, 0.15) is 46.2 Å². The Kier molecular flexibility index (Phi) is 3.88. The largest absolute Gasteiger partial charge is 0.369 e. The summed E-state index contributed by atoms with van der Waals surface area (Å²) in [6.07, 6.45) is 3.44. The van der Waals surface area contributed by atoms with Crippen LogP contribution in [-0.4, -0.2) is 29.0 Å². The summed E-state index contributed by atoms with van der Waals surface area (Å²) in [5, 5.41) is 6.13. The number of rotatable bonds is 5. The number of hydrogen-bond acceptors (Lipinski definition) is 4. The van der Waals surface area contributed by atoms with Crippen LogP contribution in [0.3, 0.4) is 0 Å². The average molecular weight is 326 g/mol. The van der Waals surface area contributed by atoms with Gasteiger partial charge in [-0.2, -0.15) is 0 Å². The summed E-state index contributed by atoms with van der Waals surface area (Å²) >= 11 is 0. The standard InChI is InChI=1S/C18H19FN4O/c19-14-4-2-1-3-11(14)7-9-20-17-13-8-10-21-18(24)15(13)22-16(23-17)12-5-6-12/h1-4,12H,5-10H2,(H,21,24)(H,20,22,23). The molecule has 5 nitrogen and oxygen atoms in total. The second-order valence-corrected chi connectivity index (χ2v) is 6.31. The van der Waals surface area contributed by atoms with E-state index < -0.39 is 0 Å². The van der Waals surface area contributed by atoms with Crippen molar-refractivity contribution < 1.29 is 9.18 Å². The number of nitrogens with one attached hydrogen (secondary N) is 2. The number of benzene rings is 1. The Labute approximate surface area is 139 Å². The molecule has 2 N–H and O–H groups in total. The normalized spacial score (nSPS) is 16.5. The van der Waals surface area contributed by atoms with Crippen LogP contribution in [0.4, 0.5) is 10.2 Å². The molecule has 2 heterocycles. The van der Waals surface area contributed by atoms with Gasteiger partial charge in [-0.25, -0.2) is 14.4 Å². The van der Waals surface area contributed by atoms with Gasteiger partial charge >= 0.3 is 0 Å². The van der Waals surface area contributed by atoms with Gasteiger partial charge in [0.05, 0.1) is 0 Å². The van der Waals surface area contributed by atoms with E-state index in [1.54, 1.807) is 12.1 Å². The Morgan fingerprint density at radius 1 is 1.25 bits per heavy atom. The minimum atomic E-state index is -0.193. The molecular formula is C18H19FN4O. The predicted octanol–water partition coefficient (Wildman–Crippen LogP) is 2.43.